The van der Waals surface area contributed by atoms with Crippen LogP contribution in [0.2, 0.25) is 0 Å². The van der Waals surface area contributed by atoms with Crippen LogP contribution in [0.25, 0.3) is 5.57 Å². The third kappa shape index (κ3) is 1.44. The van der Waals surface area contributed by atoms with Gasteiger partial charge in [-0.2, -0.15) is 0 Å². The fourth-order valence-electron chi connectivity index (χ4n) is 1.36. The lowest BCUT2D eigenvalue weighted by Crippen LogP contribution is -2.21. The largest absolute Gasteiger partial charge is 0.289 e. The summed E-state index contributed by atoms with van der Waals surface area (Å²) in [4.78, 5) is 22.2. The highest BCUT2D eigenvalue weighted by molar-refractivity contribution is 6.33. The van der Waals surface area contributed by atoms with Crippen LogP contribution in [0.1, 0.15) is 11.1 Å². The first-order chi connectivity index (χ1) is 6.66. The summed E-state index contributed by atoms with van der Waals surface area (Å²) in [6, 6.07) is 7.48. The number of imide groups is 1. The smallest absolute Gasteiger partial charge is 0.258 e. The lowest BCUT2D eigenvalue weighted by molar-refractivity contribution is -0.123. The fourth-order valence-corrected chi connectivity index (χ4v) is 1.36. The SMILES string of the molecule is Cc1ccc(C2=CC(=O)NC2=O)cc1. The van der Waals surface area contributed by atoms with Crippen molar-refractivity contribution >= 4 is 17.4 Å². The van der Waals surface area contributed by atoms with E-state index in [1.54, 1.807) is 0 Å². The zero-order chi connectivity index (χ0) is 10.1. The number of carbonyl (C=O) groups excluding carboxylic acids is 2. The predicted molar refractivity (Wildman–Crippen MR) is 52.3 cm³/mol. The molecule has 1 N–H and O–H groups in total. The highest BCUT2D eigenvalue weighted by Crippen LogP contribution is 2.18. The Morgan fingerprint density at radius 2 is 1.71 bits per heavy atom. The van der Waals surface area contributed by atoms with Crippen LogP contribution in [-0.4, -0.2) is 11.8 Å². The van der Waals surface area contributed by atoms with Crippen molar-refractivity contribution in [1.82, 2.24) is 5.32 Å². The third-order valence-corrected chi connectivity index (χ3v) is 2.12. The molecule has 0 aromatic heterocycles. The molecule has 70 valence electrons. The number of aryl methyl sites for hydroxylation is 1. The molecule has 3 nitrogen and oxygen atoms in total. The molecule has 1 aromatic rings. The molecule has 0 saturated carbocycles. The number of amides is 2. The molecule has 0 spiro atoms. The van der Waals surface area contributed by atoms with Crippen molar-refractivity contribution in [2.45, 2.75) is 6.92 Å². The molecule has 0 atom stereocenters. The second-order valence-electron chi connectivity index (χ2n) is 3.24. The van der Waals surface area contributed by atoms with Gasteiger partial charge in [0.05, 0.1) is 5.57 Å². The van der Waals surface area contributed by atoms with Crippen LogP contribution in [0.5, 0.6) is 0 Å². The number of carbonyl (C=O) groups is 2. The molecule has 0 unspecified atom stereocenters. The van der Waals surface area contributed by atoms with Crippen LogP contribution in [0.15, 0.2) is 30.3 Å². The molecule has 0 bridgehead atoms. The van der Waals surface area contributed by atoms with Crippen molar-refractivity contribution in [3.05, 3.63) is 41.5 Å². The fraction of sp³-hybridized carbons (Fsp3) is 0.0909. The van der Waals surface area contributed by atoms with Crippen LogP contribution < -0.4 is 5.32 Å². The van der Waals surface area contributed by atoms with Crippen molar-refractivity contribution in [2.24, 2.45) is 0 Å². The molecular weight excluding hydrogens is 178 g/mol. The molecule has 1 heterocycles. The second-order valence-corrected chi connectivity index (χ2v) is 3.24. The zero-order valence-corrected chi connectivity index (χ0v) is 7.70. The Morgan fingerprint density at radius 3 is 2.21 bits per heavy atom. The Kier molecular flexibility index (Phi) is 1.93. The maximum absolute atomic E-state index is 11.3. The topological polar surface area (TPSA) is 46.2 Å². The van der Waals surface area contributed by atoms with Gasteiger partial charge >= 0.3 is 0 Å². The Labute approximate surface area is 81.4 Å². The van der Waals surface area contributed by atoms with Crippen molar-refractivity contribution in [2.75, 3.05) is 0 Å². The molecule has 3 heteroatoms. The van der Waals surface area contributed by atoms with E-state index < -0.39 is 0 Å². The summed E-state index contributed by atoms with van der Waals surface area (Å²) < 4.78 is 0. The van der Waals surface area contributed by atoms with Crippen molar-refractivity contribution in [3.8, 4) is 0 Å². The van der Waals surface area contributed by atoms with Gasteiger partial charge in [-0.25, -0.2) is 0 Å². The van der Waals surface area contributed by atoms with Gasteiger partial charge in [0, 0.05) is 6.08 Å². The maximum Gasteiger partial charge on any atom is 0.258 e. The normalized spacial score (nSPS) is 15.4. The molecule has 0 aliphatic carbocycles. The van der Waals surface area contributed by atoms with E-state index in [0.717, 1.165) is 11.1 Å². The predicted octanol–water partition coefficient (Wildman–Crippen LogP) is 1.03. The van der Waals surface area contributed by atoms with Gasteiger partial charge < -0.3 is 0 Å². The van der Waals surface area contributed by atoms with Gasteiger partial charge in [-0.1, -0.05) is 29.8 Å². The number of hydrogen-bond acceptors (Lipinski definition) is 2. The summed E-state index contributed by atoms with van der Waals surface area (Å²) in [6.45, 7) is 1.97. The second kappa shape index (κ2) is 3.10. The molecule has 1 aliphatic heterocycles. The quantitative estimate of drug-likeness (QED) is 0.667. The Bertz CT molecular complexity index is 429. The third-order valence-electron chi connectivity index (χ3n) is 2.12. The molecule has 0 saturated heterocycles. The van der Waals surface area contributed by atoms with E-state index in [4.69, 9.17) is 0 Å². The van der Waals surface area contributed by atoms with E-state index in [0.29, 0.717) is 5.57 Å². The minimum absolute atomic E-state index is 0.321. The Morgan fingerprint density at radius 1 is 1.07 bits per heavy atom. The lowest BCUT2D eigenvalue weighted by Gasteiger charge is -1.99. The number of rotatable bonds is 1. The van der Waals surface area contributed by atoms with E-state index in [1.807, 2.05) is 31.2 Å². The average molecular weight is 187 g/mol. The van der Waals surface area contributed by atoms with E-state index in [1.165, 1.54) is 6.08 Å². The Hall–Kier alpha value is -1.90. The first-order valence-corrected chi connectivity index (χ1v) is 4.31. The highest BCUT2D eigenvalue weighted by Gasteiger charge is 2.21. The summed E-state index contributed by atoms with van der Waals surface area (Å²) in [5.74, 6) is -0.663. The summed E-state index contributed by atoms with van der Waals surface area (Å²) >= 11 is 0. The van der Waals surface area contributed by atoms with Crippen molar-refractivity contribution < 1.29 is 9.59 Å². The molecule has 2 amide bonds. The van der Waals surface area contributed by atoms with E-state index in [2.05, 4.69) is 5.32 Å². The molecule has 14 heavy (non-hydrogen) atoms. The average Bonchev–Trinajstić information content (AvgIpc) is 2.47. The summed E-state index contributed by atoms with van der Waals surface area (Å²) in [5, 5.41) is 2.21. The van der Waals surface area contributed by atoms with E-state index in [9.17, 15) is 9.59 Å². The maximum atomic E-state index is 11.3. The summed E-state index contributed by atoms with van der Waals surface area (Å²) in [7, 11) is 0. The van der Waals surface area contributed by atoms with Crippen LogP contribution >= 0.6 is 0 Å². The van der Waals surface area contributed by atoms with Crippen molar-refractivity contribution in [3.63, 3.8) is 0 Å². The van der Waals surface area contributed by atoms with Crippen LogP contribution in [0.4, 0.5) is 0 Å². The first-order valence-electron chi connectivity index (χ1n) is 4.31. The van der Waals surface area contributed by atoms with E-state index in [-0.39, 0.29) is 11.8 Å². The van der Waals surface area contributed by atoms with Gasteiger partial charge in [0.2, 0.25) is 0 Å². The van der Waals surface area contributed by atoms with Crippen LogP contribution in [-0.2, 0) is 9.59 Å². The van der Waals surface area contributed by atoms with Gasteiger partial charge in [-0.05, 0) is 12.5 Å². The van der Waals surface area contributed by atoms with Crippen LogP contribution in [0.3, 0.4) is 0 Å². The van der Waals surface area contributed by atoms with Gasteiger partial charge in [-0.15, -0.1) is 0 Å². The van der Waals surface area contributed by atoms with Gasteiger partial charge in [-0.3, -0.25) is 14.9 Å². The molecule has 2 rings (SSSR count). The standard InChI is InChI=1S/C11H9NO2/c1-7-2-4-8(5-3-7)9-6-10(13)12-11(9)14/h2-6H,1H3,(H,12,13,14). The molecule has 0 fully saturated rings. The Balaban J connectivity index is 2.41. The van der Waals surface area contributed by atoms with Gasteiger partial charge in [0.1, 0.15) is 0 Å². The monoisotopic (exact) mass is 187 g/mol. The van der Waals surface area contributed by atoms with Gasteiger partial charge in [0.25, 0.3) is 11.8 Å². The minimum Gasteiger partial charge on any atom is -0.289 e. The molecule has 0 radical (unpaired) electrons. The number of benzene rings is 1. The summed E-state index contributed by atoms with van der Waals surface area (Å²) in [5.41, 5.74) is 2.34. The molecule has 1 aromatic carbocycles. The first kappa shape index (κ1) is 8.69. The van der Waals surface area contributed by atoms with Crippen molar-refractivity contribution in [1.29, 1.82) is 0 Å². The van der Waals surface area contributed by atoms with Crippen LogP contribution in [0, 0.1) is 6.92 Å². The minimum atomic E-state index is -0.342. The number of nitrogens with one attached hydrogen (secondary N) is 1. The lowest BCUT2D eigenvalue weighted by atomic mass is 10.1. The summed E-state index contributed by atoms with van der Waals surface area (Å²) in [6.07, 6.45) is 1.33. The highest BCUT2D eigenvalue weighted by atomic mass is 16.2. The number of hydrogen-bond donors (Lipinski definition) is 1. The van der Waals surface area contributed by atoms with Gasteiger partial charge in [0.15, 0.2) is 0 Å². The molecular formula is C11H9NO2. The van der Waals surface area contributed by atoms with E-state index >= 15 is 0 Å². The molecule has 1 aliphatic rings. The zero-order valence-electron chi connectivity index (χ0n) is 7.70.